The summed E-state index contributed by atoms with van der Waals surface area (Å²) in [4.78, 5) is 0. The molecule has 1 aromatic carbocycles. The van der Waals surface area contributed by atoms with Crippen molar-refractivity contribution in [3.05, 3.63) is 18.2 Å². The smallest absolute Gasteiger partial charge is 0.235 e. The summed E-state index contributed by atoms with van der Waals surface area (Å²) in [5.74, 6) is 0.589. The molecule has 6 nitrogen and oxygen atoms in total. The molecular formula is C12H18N2O4S. The lowest BCUT2D eigenvalue weighted by Gasteiger charge is -2.23. The molecule has 0 atom stereocenters. The highest BCUT2D eigenvalue weighted by Crippen LogP contribution is 2.27. The van der Waals surface area contributed by atoms with Crippen LogP contribution in [-0.2, 0) is 14.8 Å². The molecule has 1 saturated heterocycles. The first-order valence-electron chi connectivity index (χ1n) is 6.06. The van der Waals surface area contributed by atoms with E-state index >= 15 is 0 Å². The maximum atomic E-state index is 12.2. The van der Waals surface area contributed by atoms with Crippen LogP contribution in [0.5, 0.6) is 5.75 Å². The molecule has 0 bridgehead atoms. The molecule has 0 radical (unpaired) electrons. The average Bonchev–Trinajstić information content (AvgIpc) is 2.42. The number of anilines is 2. The van der Waals surface area contributed by atoms with Crippen LogP contribution in [0.3, 0.4) is 0 Å². The summed E-state index contributed by atoms with van der Waals surface area (Å²) in [6.07, 6.45) is 1.01. The second-order valence-corrected chi connectivity index (χ2v) is 6.37. The third-order valence-corrected chi connectivity index (χ3v) is 4.97. The van der Waals surface area contributed by atoms with Gasteiger partial charge in [-0.05, 0) is 25.0 Å². The molecule has 0 unspecified atom stereocenters. The highest BCUT2D eigenvalue weighted by molar-refractivity contribution is 7.93. The van der Waals surface area contributed by atoms with E-state index in [1.54, 1.807) is 18.2 Å². The molecule has 19 heavy (non-hydrogen) atoms. The Labute approximate surface area is 112 Å². The molecule has 0 spiro atoms. The Hall–Kier alpha value is -1.47. The van der Waals surface area contributed by atoms with Crippen LogP contribution in [0.25, 0.3) is 0 Å². The summed E-state index contributed by atoms with van der Waals surface area (Å²) in [6, 6.07) is 4.85. The second kappa shape index (κ2) is 5.66. The minimum absolute atomic E-state index is 0.343. The van der Waals surface area contributed by atoms with Gasteiger partial charge in [-0.2, -0.15) is 0 Å². The topological polar surface area (TPSA) is 90.6 Å². The van der Waals surface area contributed by atoms with Crippen molar-refractivity contribution >= 4 is 21.4 Å². The van der Waals surface area contributed by atoms with Gasteiger partial charge < -0.3 is 15.2 Å². The maximum absolute atomic E-state index is 12.2. The van der Waals surface area contributed by atoms with Crippen molar-refractivity contribution in [2.24, 2.45) is 0 Å². The van der Waals surface area contributed by atoms with Gasteiger partial charge in [-0.15, -0.1) is 0 Å². The van der Waals surface area contributed by atoms with E-state index in [4.69, 9.17) is 15.2 Å². The second-order valence-electron chi connectivity index (χ2n) is 4.41. The molecule has 1 aliphatic rings. The van der Waals surface area contributed by atoms with Crippen molar-refractivity contribution in [2.45, 2.75) is 18.1 Å². The van der Waals surface area contributed by atoms with Gasteiger partial charge in [-0.1, -0.05) is 0 Å². The highest BCUT2D eigenvalue weighted by atomic mass is 32.2. The molecule has 7 heteroatoms. The van der Waals surface area contributed by atoms with Gasteiger partial charge in [0.2, 0.25) is 10.0 Å². The number of methoxy groups -OCH3 is 1. The molecule has 2 rings (SSSR count). The largest absolute Gasteiger partial charge is 0.497 e. The third kappa shape index (κ3) is 3.30. The number of nitrogen functional groups attached to an aromatic ring is 1. The maximum Gasteiger partial charge on any atom is 0.235 e. The van der Waals surface area contributed by atoms with E-state index in [1.165, 1.54) is 7.11 Å². The van der Waals surface area contributed by atoms with Crippen LogP contribution >= 0.6 is 0 Å². The molecular weight excluding hydrogens is 268 g/mol. The molecule has 0 aliphatic carbocycles. The van der Waals surface area contributed by atoms with Crippen molar-refractivity contribution in [3.8, 4) is 5.75 Å². The van der Waals surface area contributed by atoms with Crippen LogP contribution in [0.1, 0.15) is 12.8 Å². The molecule has 1 aliphatic heterocycles. The fourth-order valence-corrected chi connectivity index (χ4v) is 3.46. The lowest BCUT2D eigenvalue weighted by molar-refractivity contribution is 0.0984. The zero-order valence-corrected chi connectivity index (χ0v) is 11.6. The third-order valence-electron chi connectivity index (χ3n) is 3.12. The Morgan fingerprint density at radius 1 is 1.37 bits per heavy atom. The Balaban J connectivity index is 2.15. The molecule has 106 valence electrons. The zero-order chi connectivity index (χ0) is 13.9. The van der Waals surface area contributed by atoms with E-state index in [-0.39, 0.29) is 0 Å². The van der Waals surface area contributed by atoms with Crippen molar-refractivity contribution in [2.75, 3.05) is 30.8 Å². The zero-order valence-electron chi connectivity index (χ0n) is 10.8. The summed E-state index contributed by atoms with van der Waals surface area (Å²) in [6.45, 7) is 0.952. The van der Waals surface area contributed by atoms with Crippen molar-refractivity contribution < 1.29 is 17.9 Å². The summed E-state index contributed by atoms with van der Waals surface area (Å²) in [5.41, 5.74) is 6.53. The van der Waals surface area contributed by atoms with Gasteiger partial charge in [-0.25, -0.2) is 8.42 Å². The number of benzene rings is 1. The lowest BCUT2D eigenvalue weighted by Crippen LogP contribution is -2.33. The minimum atomic E-state index is -3.43. The van der Waals surface area contributed by atoms with Crippen LogP contribution in [0.2, 0.25) is 0 Å². The minimum Gasteiger partial charge on any atom is -0.497 e. The fourth-order valence-electron chi connectivity index (χ4n) is 1.98. The van der Waals surface area contributed by atoms with Crippen LogP contribution in [0, 0.1) is 0 Å². The predicted molar refractivity (Wildman–Crippen MR) is 73.8 cm³/mol. The van der Waals surface area contributed by atoms with Gasteiger partial charge in [0.15, 0.2) is 0 Å². The Morgan fingerprint density at radius 3 is 2.63 bits per heavy atom. The number of nitrogens with two attached hydrogens (primary N) is 1. The molecule has 0 amide bonds. The summed E-state index contributed by atoms with van der Waals surface area (Å²) in [5, 5.41) is -0.428. The van der Waals surface area contributed by atoms with Crippen LogP contribution < -0.4 is 15.2 Å². The van der Waals surface area contributed by atoms with E-state index in [9.17, 15) is 8.42 Å². The first-order valence-corrected chi connectivity index (χ1v) is 7.60. The molecule has 3 N–H and O–H groups in total. The van der Waals surface area contributed by atoms with Gasteiger partial charge >= 0.3 is 0 Å². The van der Waals surface area contributed by atoms with E-state index < -0.39 is 15.3 Å². The molecule has 0 saturated carbocycles. The molecule has 1 fully saturated rings. The SMILES string of the molecule is COc1ccc(NS(=O)(=O)C2CCOCC2)c(N)c1. The Kier molecular flexibility index (Phi) is 4.16. The van der Waals surface area contributed by atoms with Gasteiger partial charge in [0.25, 0.3) is 0 Å². The van der Waals surface area contributed by atoms with Crippen molar-refractivity contribution in [1.29, 1.82) is 0 Å². The van der Waals surface area contributed by atoms with Gasteiger partial charge in [0.05, 0.1) is 23.7 Å². The van der Waals surface area contributed by atoms with E-state index in [1.807, 2.05) is 0 Å². The number of sulfonamides is 1. The number of rotatable bonds is 4. The fraction of sp³-hybridized carbons (Fsp3) is 0.500. The predicted octanol–water partition coefficient (Wildman–Crippen LogP) is 1.20. The molecule has 0 aromatic heterocycles. The van der Waals surface area contributed by atoms with Crippen LogP contribution in [0.15, 0.2) is 18.2 Å². The van der Waals surface area contributed by atoms with Crippen LogP contribution in [-0.4, -0.2) is 34.0 Å². The van der Waals surface area contributed by atoms with Crippen molar-refractivity contribution in [3.63, 3.8) is 0 Å². The van der Waals surface area contributed by atoms with Gasteiger partial charge in [0.1, 0.15) is 5.75 Å². The first-order chi connectivity index (χ1) is 9.03. The Bertz CT molecular complexity index is 539. The number of hydrogen-bond donors (Lipinski definition) is 2. The van der Waals surface area contributed by atoms with Crippen LogP contribution in [0.4, 0.5) is 11.4 Å². The number of ether oxygens (including phenoxy) is 2. The molecule has 1 heterocycles. The first kappa shape index (κ1) is 14.0. The normalized spacial score (nSPS) is 17.1. The monoisotopic (exact) mass is 286 g/mol. The van der Waals surface area contributed by atoms with Gasteiger partial charge in [-0.3, -0.25) is 4.72 Å². The molecule has 1 aromatic rings. The van der Waals surface area contributed by atoms with Gasteiger partial charge in [0, 0.05) is 19.3 Å². The quantitative estimate of drug-likeness (QED) is 0.812. The van der Waals surface area contributed by atoms with Crippen molar-refractivity contribution in [1.82, 2.24) is 0 Å². The number of nitrogens with one attached hydrogen (secondary N) is 1. The highest BCUT2D eigenvalue weighted by Gasteiger charge is 2.28. The average molecular weight is 286 g/mol. The lowest BCUT2D eigenvalue weighted by atomic mass is 10.2. The summed E-state index contributed by atoms with van der Waals surface area (Å²) < 4.78 is 37.1. The van der Waals surface area contributed by atoms with E-state index in [0.717, 1.165) is 0 Å². The Morgan fingerprint density at radius 2 is 2.05 bits per heavy atom. The standard InChI is InChI=1S/C12H18N2O4S/c1-17-9-2-3-12(11(13)8-9)14-19(15,16)10-4-6-18-7-5-10/h2-3,8,10,14H,4-7,13H2,1H3. The van der Waals surface area contributed by atoms with E-state index in [2.05, 4.69) is 4.72 Å². The summed E-state index contributed by atoms with van der Waals surface area (Å²) in [7, 11) is -1.90. The summed E-state index contributed by atoms with van der Waals surface area (Å²) >= 11 is 0. The number of hydrogen-bond acceptors (Lipinski definition) is 5. The van der Waals surface area contributed by atoms with E-state index in [0.29, 0.717) is 43.2 Å².